The third-order valence-electron chi connectivity index (χ3n) is 4.92. The molecule has 3 aromatic rings. The Morgan fingerprint density at radius 1 is 0.742 bits per heavy atom. The SMILES string of the molecule is CCC(=O)Oc1ccc(-c2ccc(-c3ccc(OC(=O)C(C)(C)C)cc3)cc2)c(C)c1. The quantitative estimate of drug-likeness (QED) is 0.347. The maximum absolute atomic E-state index is 12.0. The number of benzene rings is 3. The molecule has 0 heterocycles. The fraction of sp³-hybridized carbons (Fsp3) is 0.259. The molecule has 0 aromatic heterocycles. The van der Waals surface area contributed by atoms with Gasteiger partial charge in [-0.25, -0.2) is 0 Å². The Labute approximate surface area is 183 Å². The minimum Gasteiger partial charge on any atom is -0.427 e. The van der Waals surface area contributed by atoms with Gasteiger partial charge >= 0.3 is 11.9 Å². The molecule has 0 aliphatic carbocycles. The topological polar surface area (TPSA) is 52.6 Å². The number of hydrogen-bond donors (Lipinski definition) is 0. The minimum absolute atomic E-state index is 0.240. The summed E-state index contributed by atoms with van der Waals surface area (Å²) in [6, 6.07) is 21.5. The van der Waals surface area contributed by atoms with Gasteiger partial charge in [-0.05, 0) is 79.8 Å². The molecule has 160 valence electrons. The summed E-state index contributed by atoms with van der Waals surface area (Å²) in [5, 5.41) is 0. The maximum atomic E-state index is 12.0. The van der Waals surface area contributed by atoms with E-state index in [9.17, 15) is 9.59 Å². The van der Waals surface area contributed by atoms with Gasteiger partial charge in [-0.1, -0.05) is 49.4 Å². The van der Waals surface area contributed by atoms with Crippen LogP contribution < -0.4 is 9.47 Å². The van der Waals surface area contributed by atoms with Gasteiger partial charge in [0.2, 0.25) is 0 Å². The van der Waals surface area contributed by atoms with Crippen molar-refractivity contribution in [2.24, 2.45) is 5.41 Å². The second kappa shape index (κ2) is 9.17. The first kappa shape index (κ1) is 22.3. The van der Waals surface area contributed by atoms with E-state index >= 15 is 0 Å². The largest absolute Gasteiger partial charge is 0.427 e. The van der Waals surface area contributed by atoms with Crippen LogP contribution in [0, 0.1) is 12.3 Å². The highest BCUT2D eigenvalue weighted by Crippen LogP contribution is 2.30. The lowest BCUT2D eigenvalue weighted by molar-refractivity contribution is -0.143. The van der Waals surface area contributed by atoms with E-state index in [1.807, 2.05) is 70.2 Å². The van der Waals surface area contributed by atoms with E-state index < -0.39 is 5.41 Å². The maximum Gasteiger partial charge on any atom is 0.316 e. The molecule has 0 amide bonds. The van der Waals surface area contributed by atoms with Crippen LogP contribution in [-0.4, -0.2) is 11.9 Å². The van der Waals surface area contributed by atoms with Crippen molar-refractivity contribution in [2.45, 2.75) is 41.0 Å². The smallest absolute Gasteiger partial charge is 0.316 e. The summed E-state index contributed by atoms with van der Waals surface area (Å²) in [6.07, 6.45) is 0.349. The van der Waals surface area contributed by atoms with Crippen LogP contribution in [-0.2, 0) is 9.59 Å². The van der Waals surface area contributed by atoms with Crippen molar-refractivity contribution in [1.29, 1.82) is 0 Å². The predicted octanol–water partition coefficient (Wildman–Crippen LogP) is 6.60. The monoisotopic (exact) mass is 416 g/mol. The molecular formula is C27H28O4. The van der Waals surface area contributed by atoms with Crippen LogP contribution in [0.4, 0.5) is 0 Å². The average Bonchev–Trinajstić information content (AvgIpc) is 2.74. The van der Waals surface area contributed by atoms with Crippen LogP contribution in [0.2, 0.25) is 0 Å². The zero-order valence-corrected chi connectivity index (χ0v) is 18.7. The Balaban J connectivity index is 1.74. The first-order valence-corrected chi connectivity index (χ1v) is 10.4. The van der Waals surface area contributed by atoms with Gasteiger partial charge < -0.3 is 9.47 Å². The lowest BCUT2D eigenvalue weighted by Crippen LogP contribution is -2.25. The molecule has 0 fully saturated rings. The summed E-state index contributed by atoms with van der Waals surface area (Å²) in [5.41, 5.74) is 4.80. The summed E-state index contributed by atoms with van der Waals surface area (Å²) in [7, 11) is 0. The lowest BCUT2D eigenvalue weighted by atomic mass is 9.97. The zero-order valence-electron chi connectivity index (χ0n) is 18.7. The minimum atomic E-state index is -0.539. The Kier molecular flexibility index (Phi) is 6.59. The van der Waals surface area contributed by atoms with Crippen molar-refractivity contribution in [3.05, 3.63) is 72.3 Å². The Morgan fingerprint density at radius 3 is 1.77 bits per heavy atom. The van der Waals surface area contributed by atoms with Crippen molar-refractivity contribution in [3.63, 3.8) is 0 Å². The summed E-state index contributed by atoms with van der Waals surface area (Å²) in [5.74, 6) is 0.614. The van der Waals surface area contributed by atoms with Crippen LogP contribution in [0.5, 0.6) is 11.5 Å². The summed E-state index contributed by atoms with van der Waals surface area (Å²) in [6.45, 7) is 9.27. The molecule has 0 aliphatic rings. The fourth-order valence-electron chi connectivity index (χ4n) is 3.04. The van der Waals surface area contributed by atoms with Crippen LogP contribution in [0.25, 0.3) is 22.3 Å². The highest BCUT2D eigenvalue weighted by Gasteiger charge is 2.23. The van der Waals surface area contributed by atoms with Crippen molar-refractivity contribution < 1.29 is 19.1 Å². The number of rotatable bonds is 5. The molecule has 0 atom stereocenters. The van der Waals surface area contributed by atoms with E-state index in [4.69, 9.17) is 9.47 Å². The highest BCUT2D eigenvalue weighted by molar-refractivity contribution is 5.78. The molecule has 0 unspecified atom stereocenters. The first-order valence-electron chi connectivity index (χ1n) is 10.4. The van der Waals surface area contributed by atoms with Crippen LogP contribution in [0.15, 0.2) is 66.7 Å². The number of hydrogen-bond acceptors (Lipinski definition) is 4. The number of ether oxygens (including phenoxy) is 2. The van der Waals surface area contributed by atoms with Crippen molar-refractivity contribution in [3.8, 4) is 33.8 Å². The molecule has 0 spiro atoms. The molecule has 0 N–H and O–H groups in total. The Morgan fingerprint density at radius 2 is 1.26 bits per heavy atom. The van der Waals surface area contributed by atoms with Crippen molar-refractivity contribution in [2.75, 3.05) is 0 Å². The van der Waals surface area contributed by atoms with Crippen LogP contribution >= 0.6 is 0 Å². The molecule has 3 rings (SSSR count). The van der Waals surface area contributed by atoms with Gasteiger partial charge in [0, 0.05) is 6.42 Å². The van der Waals surface area contributed by atoms with Crippen molar-refractivity contribution >= 4 is 11.9 Å². The summed E-state index contributed by atoms with van der Waals surface area (Å²) < 4.78 is 10.7. The second-order valence-corrected chi connectivity index (χ2v) is 8.55. The number of carbonyl (C=O) groups excluding carboxylic acids is 2. The molecule has 4 heteroatoms. The molecule has 31 heavy (non-hydrogen) atoms. The Bertz CT molecular complexity index is 1070. The lowest BCUT2D eigenvalue weighted by Gasteiger charge is -2.16. The third-order valence-corrected chi connectivity index (χ3v) is 4.92. The highest BCUT2D eigenvalue weighted by atomic mass is 16.5. The number of esters is 2. The van der Waals surface area contributed by atoms with Gasteiger partial charge in [0.25, 0.3) is 0 Å². The van der Waals surface area contributed by atoms with Gasteiger partial charge in [0.1, 0.15) is 11.5 Å². The van der Waals surface area contributed by atoms with E-state index in [1.165, 1.54) is 0 Å². The van der Waals surface area contributed by atoms with Crippen molar-refractivity contribution in [1.82, 2.24) is 0 Å². The number of carbonyl (C=O) groups is 2. The van der Waals surface area contributed by atoms with E-state index in [-0.39, 0.29) is 11.9 Å². The van der Waals surface area contributed by atoms with Gasteiger partial charge in [-0.3, -0.25) is 9.59 Å². The van der Waals surface area contributed by atoms with Gasteiger partial charge in [0.15, 0.2) is 0 Å². The molecule has 4 nitrogen and oxygen atoms in total. The third kappa shape index (κ3) is 5.60. The summed E-state index contributed by atoms with van der Waals surface area (Å²) in [4.78, 5) is 23.5. The van der Waals surface area contributed by atoms with Gasteiger partial charge in [-0.2, -0.15) is 0 Å². The molecule has 0 radical (unpaired) electrons. The van der Waals surface area contributed by atoms with Gasteiger partial charge in [-0.15, -0.1) is 0 Å². The average molecular weight is 417 g/mol. The fourth-order valence-corrected chi connectivity index (χ4v) is 3.04. The van der Waals surface area contributed by atoms with E-state index in [0.29, 0.717) is 17.9 Å². The molecule has 0 saturated heterocycles. The van der Waals surface area contributed by atoms with Gasteiger partial charge in [0.05, 0.1) is 5.41 Å². The second-order valence-electron chi connectivity index (χ2n) is 8.55. The molecule has 0 aliphatic heterocycles. The summed E-state index contributed by atoms with van der Waals surface area (Å²) >= 11 is 0. The van der Waals surface area contributed by atoms with Crippen LogP contribution in [0.1, 0.15) is 39.7 Å². The van der Waals surface area contributed by atoms with E-state index in [1.54, 1.807) is 6.92 Å². The standard InChI is InChI=1S/C27H28O4/c1-6-25(28)30-23-15-16-24(18(2)17-23)21-9-7-19(8-10-21)20-11-13-22(14-12-20)31-26(29)27(3,4)5/h7-17H,6H2,1-5H3. The zero-order chi connectivity index (χ0) is 22.6. The predicted molar refractivity (Wildman–Crippen MR) is 123 cm³/mol. The molecule has 3 aromatic carbocycles. The Hall–Kier alpha value is -3.40. The molecule has 0 saturated carbocycles. The van der Waals surface area contributed by atoms with Crippen LogP contribution in [0.3, 0.4) is 0 Å². The molecular weight excluding hydrogens is 388 g/mol. The normalized spacial score (nSPS) is 11.1. The number of aryl methyl sites for hydroxylation is 1. The van der Waals surface area contributed by atoms with E-state index in [0.717, 1.165) is 27.8 Å². The first-order chi connectivity index (χ1) is 14.7. The molecule has 0 bridgehead atoms. The van der Waals surface area contributed by atoms with E-state index in [2.05, 4.69) is 24.3 Å².